The Morgan fingerprint density at radius 2 is 2.08 bits per heavy atom. The summed E-state index contributed by atoms with van der Waals surface area (Å²) in [4.78, 5) is 15.7. The third-order valence-electron chi connectivity index (χ3n) is 4.54. The summed E-state index contributed by atoms with van der Waals surface area (Å²) in [6, 6.07) is 6.11. The van der Waals surface area contributed by atoms with E-state index in [4.69, 9.17) is 10.5 Å². The first-order valence-electron chi connectivity index (χ1n) is 8.38. The predicted molar refractivity (Wildman–Crippen MR) is 92.4 cm³/mol. The van der Waals surface area contributed by atoms with E-state index in [1.165, 1.54) is 0 Å². The summed E-state index contributed by atoms with van der Waals surface area (Å²) in [5, 5.41) is 0. The molecule has 2 aliphatic rings. The smallest absolute Gasteiger partial charge is 0.220 e. The summed E-state index contributed by atoms with van der Waals surface area (Å²) in [6.07, 6.45) is 5.72. The first kappa shape index (κ1) is 15.2. The number of fused-ring (bicyclic) bond motifs is 1. The van der Waals surface area contributed by atoms with Crippen molar-refractivity contribution in [2.24, 2.45) is 0 Å². The number of allylic oxidation sites excluding steroid dienone is 1. The monoisotopic (exact) mass is 323 g/mol. The number of anilines is 1. The number of aromatic nitrogens is 3. The van der Waals surface area contributed by atoms with E-state index in [9.17, 15) is 0 Å². The number of nitrogen functional groups attached to an aromatic ring is 1. The van der Waals surface area contributed by atoms with Gasteiger partial charge in [-0.25, -0.2) is 9.97 Å². The van der Waals surface area contributed by atoms with Gasteiger partial charge in [-0.15, -0.1) is 0 Å². The fraction of sp³-hybridized carbons (Fsp3) is 0.389. The zero-order valence-electron chi connectivity index (χ0n) is 13.6. The molecule has 1 aliphatic carbocycles. The molecule has 4 rings (SSSR count). The Morgan fingerprint density at radius 3 is 2.96 bits per heavy atom. The topological polar surface area (TPSA) is 77.2 Å². The fourth-order valence-electron chi connectivity index (χ4n) is 3.28. The lowest BCUT2D eigenvalue weighted by Crippen LogP contribution is -2.37. The lowest BCUT2D eigenvalue weighted by molar-refractivity contribution is 0.0383. The van der Waals surface area contributed by atoms with Crippen molar-refractivity contribution < 1.29 is 4.74 Å². The molecule has 2 N–H and O–H groups in total. The Morgan fingerprint density at radius 1 is 1.21 bits per heavy atom. The predicted octanol–water partition coefficient (Wildman–Crippen LogP) is 1.32. The van der Waals surface area contributed by atoms with E-state index in [0.717, 1.165) is 73.9 Å². The van der Waals surface area contributed by atoms with Gasteiger partial charge in [0, 0.05) is 55.5 Å². The first-order valence-corrected chi connectivity index (χ1v) is 8.38. The first-order chi connectivity index (χ1) is 11.8. The number of hydrogen-bond donors (Lipinski definition) is 1. The van der Waals surface area contributed by atoms with Crippen LogP contribution in [-0.2, 0) is 17.6 Å². The summed E-state index contributed by atoms with van der Waals surface area (Å²) in [5.74, 6) is 0.336. The van der Waals surface area contributed by atoms with Gasteiger partial charge in [-0.1, -0.05) is 12.1 Å². The molecule has 1 fully saturated rings. The Kier molecular flexibility index (Phi) is 4.23. The quantitative estimate of drug-likeness (QED) is 0.914. The highest BCUT2D eigenvalue weighted by Gasteiger charge is 2.18. The largest absolute Gasteiger partial charge is 0.379 e. The molecule has 2 aromatic heterocycles. The van der Waals surface area contributed by atoms with Crippen LogP contribution in [0.4, 0.5) is 5.95 Å². The minimum atomic E-state index is 0.336. The van der Waals surface area contributed by atoms with Gasteiger partial charge in [-0.2, -0.15) is 0 Å². The van der Waals surface area contributed by atoms with Crippen LogP contribution >= 0.6 is 0 Å². The van der Waals surface area contributed by atoms with Crippen LogP contribution in [0, 0.1) is 0 Å². The van der Waals surface area contributed by atoms with Crippen LogP contribution in [0.1, 0.15) is 22.6 Å². The molecule has 0 bridgehead atoms. The molecule has 1 aliphatic heterocycles. The van der Waals surface area contributed by atoms with Gasteiger partial charge >= 0.3 is 0 Å². The molecule has 3 heterocycles. The summed E-state index contributed by atoms with van der Waals surface area (Å²) in [6.45, 7) is 4.56. The highest BCUT2D eigenvalue weighted by Crippen LogP contribution is 2.30. The molecular formula is C18H21N5O. The summed E-state index contributed by atoms with van der Waals surface area (Å²) in [7, 11) is 0. The van der Waals surface area contributed by atoms with Crippen molar-refractivity contribution in [1.82, 2.24) is 19.9 Å². The van der Waals surface area contributed by atoms with Gasteiger partial charge < -0.3 is 10.5 Å². The highest BCUT2D eigenvalue weighted by atomic mass is 16.5. The van der Waals surface area contributed by atoms with Gasteiger partial charge in [-0.3, -0.25) is 9.88 Å². The molecule has 0 saturated carbocycles. The molecule has 2 aromatic rings. The van der Waals surface area contributed by atoms with Crippen LogP contribution in [0.2, 0.25) is 0 Å². The molecule has 1 saturated heterocycles. The summed E-state index contributed by atoms with van der Waals surface area (Å²) >= 11 is 0. The molecule has 0 unspecified atom stereocenters. The molecule has 6 nitrogen and oxygen atoms in total. The average Bonchev–Trinajstić information content (AvgIpc) is 3.05. The van der Waals surface area contributed by atoms with Crippen LogP contribution in [0.5, 0.6) is 0 Å². The van der Waals surface area contributed by atoms with Crippen LogP contribution in [0.3, 0.4) is 0 Å². The SMILES string of the molecule is Nc1nc(CCN2CCOCC2)cc(C2=CCc3ncccc32)n1. The van der Waals surface area contributed by atoms with Crippen molar-refractivity contribution >= 4 is 11.5 Å². The lowest BCUT2D eigenvalue weighted by atomic mass is 10.1. The van der Waals surface area contributed by atoms with Gasteiger partial charge in [0.2, 0.25) is 5.95 Å². The maximum Gasteiger partial charge on any atom is 0.220 e. The normalized spacial score (nSPS) is 17.6. The van der Waals surface area contributed by atoms with Crippen molar-refractivity contribution in [1.29, 1.82) is 0 Å². The maximum atomic E-state index is 5.96. The number of hydrogen-bond acceptors (Lipinski definition) is 6. The van der Waals surface area contributed by atoms with Gasteiger partial charge in [0.15, 0.2) is 0 Å². The number of morpholine rings is 1. The minimum Gasteiger partial charge on any atom is -0.379 e. The Labute approximate surface area is 141 Å². The van der Waals surface area contributed by atoms with E-state index in [1.54, 1.807) is 0 Å². The van der Waals surface area contributed by atoms with E-state index < -0.39 is 0 Å². The molecule has 6 heteroatoms. The summed E-state index contributed by atoms with van der Waals surface area (Å²) in [5.41, 5.74) is 11.2. The second kappa shape index (κ2) is 6.67. The van der Waals surface area contributed by atoms with Crippen molar-refractivity contribution in [3.8, 4) is 0 Å². The van der Waals surface area contributed by atoms with E-state index in [2.05, 4.69) is 38.1 Å². The Hall–Kier alpha value is -2.31. The molecule has 24 heavy (non-hydrogen) atoms. The Balaban J connectivity index is 1.54. The van der Waals surface area contributed by atoms with Crippen LogP contribution < -0.4 is 5.73 Å². The third kappa shape index (κ3) is 3.16. The summed E-state index contributed by atoms with van der Waals surface area (Å²) < 4.78 is 5.39. The molecule has 124 valence electrons. The van der Waals surface area contributed by atoms with Crippen molar-refractivity contribution in [3.63, 3.8) is 0 Å². The maximum absolute atomic E-state index is 5.96. The number of nitrogens with zero attached hydrogens (tertiary/aromatic N) is 4. The third-order valence-corrected chi connectivity index (χ3v) is 4.54. The van der Waals surface area contributed by atoms with E-state index in [-0.39, 0.29) is 0 Å². The van der Waals surface area contributed by atoms with Crippen LogP contribution in [0.25, 0.3) is 5.57 Å². The fourth-order valence-corrected chi connectivity index (χ4v) is 3.28. The molecule has 0 amide bonds. The molecule has 0 radical (unpaired) electrons. The number of ether oxygens (including phenoxy) is 1. The minimum absolute atomic E-state index is 0.336. The zero-order valence-corrected chi connectivity index (χ0v) is 13.6. The van der Waals surface area contributed by atoms with Crippen molar-refractivity contribution in [3.05, 3.63) is 53.1 Å². The van der Waals surface area contributed by atoms with Gasteiger partial charge in [0.05, 0.1) is 24.6 Å². The van der Waals surface area contributed by atoms with E-state index >= 15 is 0 Å². The molecule has 0 aromatic carbocycles. The Bertz CT molecular complexity index is 768. The van der Waals surface area contributed by atoms with E-state index in [1.807, 2.05) is 12.3 Å². The van der Waals surface area contributed by atoms with Gasteiger partial charge in [0.1, 0.15) is 0 Å². The van der Waals surface area contributed by atoms with Crippen LogP contribution in [-0.4, -0.2) is 52.7 Å². The van der Waals surface area contributed by atoms with Gasteiger partial charge in [-0.05, 0) is 12.1 Å². The standard InChI is InChI=1S/C18H21N5O/c19-18-21-13(5-7-23-8-10-24-11-9-23)12-17(22-18)15-3-4-16-14(15)2-1-6-20-16/h1-3,6,12H,4-5,7-11H2,(H2,19,21,22). The second-order valence-electron chi connectivity index (χ2n) is 6.13. The number of rotatable bonds is 4. The van der Waals surface area contributed by atoms with Crippen molar-refractivity contribution in [2.75, 3.05) is 38.6 Å². The molecular weight excluding hydrogens is 302 g/mol. The second-order valence-corrected chi connectivity index (χ2v) is 6.13. The molecule has 0 spiro atoms. The lowest BCUT2D eigenvalue weighted by Gasteiger charge is -2.26. The average molecular weight is 323 g/mol. The number of pyridine rings is 1. The van der Waals surface area contributed by atoms with Crippen LogP contribution in [0.15, 0.2) is 30.5 Å². The van der Waals surface area contributed by atoms with Crippen molar-refractivity contribution in [2.45, 2.75) is 12.8 Å². The number of nitrogens with two attached hydrogens (primary N) is 1. The zero-order chi connectivity index (χ0) is 16.4. The molecule has 0 atom stereocenters. The van der Waals surface area contributed by atoms with Gasteiger partial charge in [0.25, 0.3) is 0 Å². The highest BCUT2D eigenvalue weighted by molar-refractivity contribution is 5.82. The van der Waals surface area contributed by atoms with E-state index in [0.29, 0.717) is 5.95 Å².